The van der Waals surface area contributed by atoms with Gasteiger partial charge in [0.2, 0.25) is 5.91 Å². The molecule has 0 bridgehead atoms. The third-order valence-electron chi connectivity index (χ3n) is 4.01. The van der Waals surface area contributed by atoms with E-state index in [-0.39, 0.29) is 5.91 Å². The van der Waals surface area contributed by atoms with Crippen molar-refractivity contribution in [3.05, 3.63) is 65.0 Å². The van der Waals surface area contributed by atoms with Gasteiger partial charge in [0.15, 0.2) is 0 Å². The molecular weight excluding hydrogens is 286 g/mol. The molecule has 1 amide bonds. The summed E-state index contributed by atoms with van der Waals surface area (Å²) >= 11 is 0. The summed E-state index contributed by atoms with van der Waals surface area (Å²) in [4.78, 5) is 19.7. The number of rotatable bonds is 5. The number of hydrogen-bond acceptors (Lipinski definition) is 2. The summed E-state index contributed by atoms with van der Waals surface area (Å²) < 4.78 is 0. The molecule has 0 unspecified atom stereocenters. The van der Waals surface area contributed by atoms with E-state index >= 15 is 0 Å². The normalized spacial score (nSPS) is 10.9. The minimum absolute atomic E-state index is 0.0467. The van der Waals surface area contributed by atoms with Gasteiger partial charge in [-0.25, -0.2) is 4.98 Å². The van der Waals surface area contributed by atoms with Gasteiger partial charge in [0.1, 0.15) is 5.82 Å². The molecule has 0 saturated heterocycles. The Morgan fingerprint density at radius 1 is 1.17 bits per heavy atom. The maximum absolute atomic E-state index is 12.0. The molecular formula is C19H21N3O. The fourth-order valence-corrected chi connectivity index (χ4v) is 2.73. The number of carbonyl (C=O) groups excluding carboxylic acids is 1. The minimum Gasteiger partial charge on any atom is -0.349 e. The Morgan fingerprint density at radius 2 is 2.00 bits per heavy atom. The molecule has 0 aliphatic carbocycles. The Balaban J connectivity index is 1.53. The second kappa shape index (κ2) is 6.65. The lowest BCUT2D eigenvalue weighted by Crippen LogP contribution is -2.23. The van der Waals surface area contributed by atoms with Crippen molar-refractivity contribution in [2.24, 2.45) is 0 Å². The smallest absolute Gasteiger partial charge is 0.220 e. The van der Waals surface area contributed by atoms with Crippen molar-refractivity contribution < 1.29 is 4.79 Å². The Bertz CT molecular complexity index is 803. The molecule has 1 aromatic heterocycles. The van der Waals surface area contributed by atoms with E-state index in [0.29, 0.717) is 13.0 Å². The first-order valence-electron chi connectivity index (χ1n) is 7.88. The number of nitrogens with one attached hydrogen (secondary N) is 2. The van der Waals surface area contributed by atoms with E-state index in [2.05, 4.69) is 47.3 Å². The lowest BCUT2D eigenvalue weighted by atomic mass is 10.0. The number of fused-ring (bicyclic) bond motifs is 1. The molecule has 0 spiro atoms. The van der Waals surface area contributed by atoms with E-state index in [1.165, 1.54) is 16.7 Å². The van der Waals surface area contributed by atoms with Crippen LogP contribution < -0.4 is 5.32 Å². The van der Waals surface area contributed by atoms with Crippen molar-refractivity contribution in [2.45, 2.75) is 33.2 Å². The second-order valence-corrected chi connectivity index (χ2v) is 5.91. The number of H-pyrrole nitrogens is 1. The summed E-state index contributed by atoms with van der Waals surface area (Å²) in [5.41, 5.74) is 5.64. The Kier molecular flexibility index (Phi) is 4.42. The lowest BCUT2D eigenvalue weighted by molar-refractivity contribution is -0.121. The largest absolute Gasteiger partial charge is 0.349 e. The van der Waals surface area contributed by atoms with Crippen LogP contribution in [0.25, 0.3) is 11.0 Å². The molecule has 0 aliphatic heterocycles. The number of imidazole rings is 1. The fraction of sp³-hybridized carbons (Fsp3) is 0.263. The van der Waals surface area contributed by atoms with Gasteiger partial charge < -0.3 is 10.3 Å². The van der Waals surface area contributed by atoms with E-state index in [4.69, 9.17) is 0 Å². The van der Waals surface area contributed by atoms with E-state index < -0.39 is 0 Å². The number of carbonyl (C=O) groups is 1. The van der Waals surface area contributed by atoms with Crippen LogP contribution in [-0.4, -0.2) is 15.9 Å². The van der Waals surface area contributed by atoms with Gasteiger partial charge in [-0.1, -0.05) is 35.9 Å². The van der Waals surface area contributed by atoms with Crippen LogP contribution in [0, 0.1) is 13.8 Å². The number of aryl methyl sites for hydroxylation is 3. The molecule has 2 N–H and O–H groups in total. The van der Waals surface area contributed by atoms with Crippen LogP contribution >= 0.6 is 0 Å². The molecule has 118 valence electrons. The Morgan fingerprint density at radius 3 is 2.78 bits per heavy atom. The third kappa shape index (κ3) is 3.77. The van der Waals surface area contributed by atoms with Gasteiger partial charge in [-0.15, -0.1) is 0 Å². The number of para-hydroxylation sites is 2. The van der Waals surface area contributed by atoms with Crippen LogP contribution in [0.3, 0.4) is 0 Å². The second-order valence-electron chi connectivity index (χ2n) is 5.91. The molecule has 3 aromatic rings. The third-order valence-corrected chi connectivity index (χ3v) is 4.01. The molecule has 4 nitrogen and oxygen atoms in total. The van der Waals surface area contributed by atoms with Gasteiger partial charge in [-0.2, -0.15) is 0 Å². The predicted molar refractivity (Wildman–Crippen MR) is 92.2 cm³/mol. The molecule has 2 aromatic carbocycles. The van der Waals surface area contributed by atoms with Gasteiger partial charge in [0, 0.05) is 6.42 Å². The highest BCUT2D eigenvalue weighted by Crippen LogP contribution is 2.13. The maximum Gasteiger partial charge on any atom is 0.220 e. The molecule has 0 atom stereocenters. The van der Waals surface area contributed by atoms with Crippen molar-refractivity contribution in [1.82, 2.24) is 15.3 Å². The maximum atomic E-state index is 12.0. The standard InChI is InChI=1S/C19H21N3O/c1-13-7-8-15(14(2)11-13)9-10-19(23)20-12-18-21-16-5-3-4-6-17(16)22-18/h3-8,11H,9-10,12H2,1-2H3,(H,20,23)(H,21,22). The molecule has 0 aliphatic rings. The Hall–Kier alpha value is -2.62. The van der Waals surface area contributed by atoms with Crippen LogP contribution in [0.1, 0.15) is 28.9 Å². The van der Waals surface area contributed by atoms with Crippen molar-refractivity contribution in [3.8, 4) is 0 Å². The van der Waals surface area contributed by atoms with Crippen molar-refractivity contribution in [1.29, 1.82) is 0 Å². The Labute approximate surface area is 136 Å². The lowest BCUT2D eigenvalue weighted by Gasteiger charge is -2.07. The summed E-state index contributed by atoms with van der Waals surface area (Å²) in [6, 6.07) is 14.2. The molecule has 0 fully saturated rings. The first-order valence-corrected chi connectivity index (χ1v) is 7.88. The average molecular weight is 307 g/mol. The van der Waals surface area contributed by atoms with Gasteiger partial charge in [0.25, 0.3) is 0 Å². The van der Waals surface area contributed by atoms with Crippen molar-refractivity contribution in [3.63, 3.8) is 0 Å². The van der Waals surface area contributed by atoms with Gasteiger partial charge >= 0.3 is 0 Å². The first kappa shape index (κ1) is 15.3. The molecule has 0 radical (unpaired) electrons. The number of aromatic amines is 1. The number of hydrogen-bond donors (Lipinski definition) is 2. The summed E-state index contributed by atoms with van der Waals surface area (Å²) in [5, 5.41) is 2.93. The van der Waals surface area contributed by atoms with E-state index in [1.54, 1.807) is 0 Å². The number of benzene rings is 2. The van der Waals surface area contributed by atoms with E-state index in [0.717, 1.165) is 23.3 Å². The monoisotopic (exact) mass is 307 g/mol. The minimum atomic E-state index is 0.0467. The average Bonchev–Trinajstić information content (AvgIpc) is 2.95. The zero-order valence-electron chi connectivity index (χ0n) is 13.5. The van der Waals surface area contributed by atoms with Gasteiger partial charge in [-0.3, -0.25) is 4.79 Å². The molecule has 4 heteroatoms. The fourth-order valence-electron chi connectivity index (χ4n) is 2.73. The van der Waals surface area contributed by atoms with E-state index in [9.17, 15) is 4.79 Å². The van der Waals surface area contributed by atoms with Crippen LogP contribution in [0.5, 0.6) is 0 Å². The first-order chi connectivity index (χ1) is 11.1. The highest BCUT2D eigenvalue weighted by Gasteiger charge is 2.06. The summed E-state index contributed by atoms with van der Waals surface area (Å²) in [6.45, 7) is 4.60. The van der Waals surface area contributed by atoms with E-state index in [1.807, 2.05) is 24.3 Å². The quantitative estimate of drug-likeness (QED) is 0.758. The summed E-state index contributed by atoms with van der Waals surface area (Å²) in [7, 11) is 0. The van der Waals surface area contributed by atoms with Crippen molar-refractivity contribution in [2.75, 3.05) is 0 Å². The topological polar surface area (TPSA) is 57.8 Å². The molecule has 0 saturated carbocycles. The predicted octanol–water partition coefficient (Wildman–Crippen LogP) is 3.43. The number of nitrogens with zero attached hydrogens (tertiary/aromatic N) is 1. The molecule has 3 rings (SSSR count). The van der Waals surface area contributed by atoms with Crippen LogP contribution in [0.2, 0.25) is 0 Å². The zero-order chi connectivity index (χ0) is 16.2. The van der Waals surface area contributed by atoms with Gasteiger partial charge in [0.05, 0.1) is 17.6 Å². The molecule has 23 heavy (non-hydrogen) atoms. The highest BCUT2D eigenvalue weighted by molar-refractivity contribution is 5.77. The van der Waals surface area contributed by atoms with Crippen LogP contribution in [-0.2, 0) is 17.8 Å². The highest BCUT2D eigenvalue weighted by atomic mass is 16.1. The summed E-state index contributed by atoms with van der Waals surface area (Å²) in [5.74, 6) is 0.830. The SMILES string of the molecule is Cc1ccc(CCC(=O)NCc2nc3ccccc3[nH]2)c(C)c1. The molecule has 1 heterocycles. The van der Waals surface area contributed by atoms with Crippen LogP contribution in [0.15, 0.2) is 42.5 Å². The van der Waals surface area contributed by atoms with Crippen LogP contribution in [0.4, 0.5) is 0 Å². The zero-order valence-corrected chi connectivity index (χ0v) is 13.5. The van der Waals surface area contributed by atoms with Crippen molar-refractivity contribution >= 4 is 16.9 Å². The number of aromatic nitrogens is 2. The van der Waals surface area contributed by atoms with Gasteiger partial charge in [-0.05, 0) is 43.5 Å². The number of amides is 1. The summed E-state index contributed by atoms with van der Waals surface area (Å²) in [6.07, 6.45) is 1.25.